The van der Waals surface area contributed by atoms with Crippen LogP contribution in [0, 0.1) is 5.92 Å². The van der Waals surface area contributed by atoms with E-state index in [4.69, 9.17) is 9.88 Å². The second-order valence-corrected chi connectivity index (χ2v) is 7.55. The van der Waals surface area contributed by atoms with E-state index in [0.717, 1.165) is 12.8 Å². The number of esters is 1. The number of benzene rings is 1. The first-order chi connectivity index (χ1) is 11.8. The smallest absolute Gasteiger partial charge is 0.309 e. The molecule has 0 saturated heterocycles. The lowest BCUT2D eigenvalue weighted by Crippen LogP contribution is -2.32. The molecule has 1 aromatic rings. The highest BCUT2D eigenvalue weighted by molar-refractivity contribution is 7.89. The SMILES string of the molecule is C[C@H](NC(=O)COC(=O)[C@H]1CC=CCC1)c1ccc(S(N)(=O)=O)cc1. The summed E-state index contributed by atoms with van der Waals surface area (Å²) in [6, 6.07) is 5.54. The van der Waals surface area contributed by atoms with Crippen LogP contribution in [0.1, 0.15) is 37.8 Å². The molecule has 0 aromatic heterocycles. The average Bonchev–Trinajstić information content (AvgIpc) is 2.59. The van der Waals surface area contributed by atoms with Gasteiger partial charge in [0.1, 0.15) is 0 Å². The molecule has 25 heavy (non-hydrogen) atoms. The van der Waals surface area contributed by atoms with Crippen LogP contribution in [0.3, 0.4) is 0 Å². The third-order valence-electron chi connectivity index (χ3n) is 4.03. The number of carbonyl (C=O) groups excluding carboxylic acids is 2. The molecule has 1 amide bonds. The quantitative estimate of drug-likeness (QED) is 0.583. The van der Waals surface area contributed by atoms with Crippen molar-refractivity contribution in [2.45, 2.75) is 37.1 Å². The zero-order valence-electron chi connectivity index (χ0n) is 14.0. The Morgan fingerprint density at radius 3 is 2.52 bits per heavy atom. The first-order valence-corrected chi connectivity index (χ1v) is 9.56. The minimum Gasteiger partial charge on any atom is -0.455 e. The van der Waals surface area contributed by atoms with Gasteiger partial charge in [-0.05, 0) is 43.9 Å². The molecule has 0 saturated carbocycles. The van der Waals surface area contributed by atoms with Crippen molar-refractivity contribution in [2.24, 2.45) is 11.1 Å². The number of hydrogen-bond donors (Lipinski definition) is 2. The Balaban J connectivity index is 1.83. The summed E-state index contributed by atoms with van der Waals surface area (Å²) in [4.78, 5) is 23.8. The maximum absolute atomic E-state index is 11.9. The Hall–Kier alpha value is -2.19. The lowest BCUT2D eigenvalue weighted by Gasteiger charge is -2.18. The minimum absolute atomic E-state index is 0.00485. The number of allylic oxidation sites excluding steroid dienone is 2. The van der Waals surface area contributed by atoms with Gasteiger partial charge in [0.2, 0.25) is 10.0 Å². The fourth-order valence-electron chi connectivity index (χ4n) is 2.57. The van der Waals surface area contributed by atoms with Crippen LogP contribution in [0.2, 0.25) is 0 Å². The highest BCUT2D eigenvalue weighted by Gasteiger charge is 2.21. The largest absolute Gasteiger partial charge is 0.455 e. The Bertz CT molecular complexity index is 756. The number of nitrogens with two attached hydrogens (primary N) is 1. The summed E-state index contributed by atoms with van der Waals surface area (Å²) in [6.45, 7) is 1.41. The first-order valence-electron chi connectivity index (χ1n) is 8.01. The highest BCUT2D eigenvalue weighted by atomic mass is 32.2. The van der Waals surface area contributed by atoms with Gasteiger partial charge in [-0.15, -0.1) is 0 Å². The molecule has 2 rings (SSSR count). The lowest BCUT2D eigenvalue weighted by molar-refractivity contribution is -0.153. The van der Waals surface area contributed by atoms with E-state index >= 15 is 0 Å². The standard InChI is InChI=1S/C17H22N2O5S/c1-12(13-7-9-15(10-8-13)25(18,22)23)19-16(20)11-24-17(21)14-5-3-2-4-6-14/h2-3,7-10,12,14H,4-6,11H2,1H3,(H,19,20)(H2,18,22,23)/t12-,14-/m0/s1. The average molecular weight is 366 g/mol. The van der Waals surface area contributed by atoms with E-state index in [9.17, 15) is 18.0 Å². The van der Waals surface area contributed by atoms with Gasteiger partial charge in [-0.2, -0.15) is 0 Å². The molecule has 0 spiro atoms. The molecule has 0 bridgehead atoms. The number of ether oxygens (including phenoxy) is 1. The summed E-state index contributed by atoms with van der Waals surface area (Å²) in [5, 5.41) is 7.74. The van der Waals surface area contributed by atoms with Gasteiger partial charge in [0.25, 0.3) is 5.91 Å². The molecule has 1 aliphatic carbocycles. The normalized spacial score (nSPS) is 18.4. The number of primary sulfonamides is 1. The third kappa shape index (κ3) is 5.68. The second kappa shape index (κ2) is 8.26. The minimum atomic E-state index is -3.75. The van der Waals surface area contributed by atoms with E-state index in [1.807, 2.05) is 12.2 Å². The van der Waals surface area contributed by atoms with Gasteiger partial charge in [-0.25, -0.2) is 13.6 Å². The lowest BCUT2D eigenvalue weighted by atomic mass is 9.95. The number of sulfonamides is 1. The van der Waals surface area contributed by atoms with Crippen LogP contribution in [0.25, 0.3) is 0 Å². The molecular formula is C17H22N2O5S. The van der Waals surface area contributed by atoms with Crippen molar-refractivity contribution in [1.82, 2.24) is 5.32 Å². The van der Waals surface area contributed by atoms with Crippen molar-refractivity contribution in [3.8, 4) is 0 Å². The van der Waals surface area contributed by atoms with Gasteiger partial charge in [0.05, 0.1) is 16.9 Å². The fourth-order valence-corrected chi connectivity index (χ4v) is 3.09. The Morgan fingerprint density at radius 1 is 1.28 bits per heavy atom. The summed E-state index contributed by atoms with van der Waals surface area (Å²) in [5.74, 6) is -0.951. The Morgan fingerprint density at radius 2 is 1.96 bits per heavy atom. The summed E-state index contributed by atoms with van der Waals surface area (Å²) in [7, 11) is -3.75. The maximum Gasteiger partial charge on any atom is 0.309 e. The number of amides is 1. The maximum atomic E-state index is 11.9. The molecule has 1 aromatic carbocycles. The molecule has 0 aliphatic heterocycles. The molecule has 3 N–H and O–H groups in total. The van der Waals surface area contributed by atoms with E-state index in [1.54, 1.807) is 19.1 Å². The van der Waals surface area contributed by atoms with Crippen molar-refractivity contribution >= 4 is 21.9 Å². The first kappa shape index (κ1) is 19.1. The van der Waals surface area contributed by atoms with Crippen molar-refractivity contribution in [1.29, 1.82) is 0 Å². The van der Waals surface area contributed by atoms with Gasteiger partial charge in [0, 0.05) is 0 Å². The topological polar surface area (TPSA) is 116 Å². The van der Waals surface area contributed by atoms with Crippen molar-refractivity contribution < 1.29 is 22.7 Å². The summed E-state index contributed by atoms with van der Waals surface area (Å²) in [6.07, 6.45) is 6.21. The number of carbonyl (C=O) groups is 2. The summed E-state index contributed by atoms with van der Waals surface area (Å²) in [5.41, 5.74) is 0.712. The van der Waals surface area contributed by atoms with Gasteiger partial charge in [-0.1, -0.05) is 24.3 Å². The van der Waals surface area contributed by atoms with Crippen LogP contribution in [0.4, 0.5) is 0 Å². The van der Waals surface area contributed by atoms with Crippen LogP contribution >= 0.6 is 0 Å². The number of nitrogens with one attached hydrogen (secondary N) is 1. The second-order valence-electron chi connectivity index (χ2n) is 5.99. The third-order valence-corrected chi connectivity index (χ3v) is 4.96. The molecule has 0 radical (unpaired) electrons. The van der Waals surface area contributed by atoms with E-state index in [1.165, 1.54) is 12.1 Å². The summed E-state index contributed by atoms with van der Waals surface area (Å²) >= 11 is 0. The van der Waals surface area contributed by atoms with Crippen molar-refractivity contribution in [2.75, 3.05) is 6.61 Å². The zero-order chi connectivity index (χ0) is 18.4. The van der Waals surface area contributed by atoms with Gasteiger partial charge in [-0.3, -0.25) is 9.59 Å². The predicted molar refractivity (Wildman–Crippen MR) is 91.8 cm³/mol. The number of hydrogen-bond acceptors (Lipinski definition) is 5. The molecule has 0 fully saturated rings. The van der Waals surface area contributed by atoms with Crippen LogP contribution in [-0.4, -0.2) is 26.9 Å². The molecule has 136 valence electrons. The molecule has 8 heteroatoms. The van der Waals surface area contributed by atoms with Crippen LogP contribution < -0.4 is 10.5 Å². The van der Waals surface area contributed by atoms with E-state index in [-0.39, 0.29) is 29.4 Å². The fraction of sp³-hybridized carbons (Fsp3) is 0.412. The van der Waals surface area contributed by atoms with Crippen LogP contribution in [-0.2, 0) is 24.3 Å². The predicted octanol–water partition coefficient (Wildman–Crippen LogP) is 1.41. The monoisotopic (exact) mass is 366 g/mol. The molecule has 7 nitrogen and oxygen atoms in total. The van der Waals surface area contributed by atoms with Crippen molar-refractivity contribution in [3.63, 3.8) is 0 Å². The Labute approximate surface area is 147 Å². The highest BCUT2D eigenvalue weighted by Crippen LogP contribution is 2.19. The number of rotatable bonds is 6. The van der Waals surface area contributed by atoms with Gasteiger partial charge in [0.15, 0.2) is 6.61 Å². The summed E-state index contributed by atoms with van der Waals surface area (Å²) < 4.78 is 27.5. The van der Waals surface area contributed by atoms with E-state index < -0.39 is 15.9 Å². The van der Waals surface area contributed by atoms with Crippen LogP contribution in [0.15, 0.2) is 41.3 Å². The molecule has 1 aliphatic rings. The zero-order valence-corrected chi connectivity index (χ0v) is 14.8. The van der Waals surface area contributed by atoms with Crippen LogP contribution in [0.5, 0.6) is 0 Å². The Kier molecular flexibility index (Phi) is 6.33. The van der Waals surface area contributed by atoms with E-state index in [2.05, 4.69) is 5.32 Å². The van der Waals surface area contributed by atoms with Gasteiger partial charge < -0.3 is 10.1 Å². The molecule has 2 atom stereocenters. The molecule has 0 unspecified atom stereocenters. The molecular weight excluding hydrogens is 344 g/mol. The van der Waals surface area contributed by atoms with Gasteiger partial charge >= 0.3 is 5.97 Å². The van der Waals surface area contributed by atoms with Crippen molar-refractivity contribution in [3.05, 3.63) is 42.0 Å². The van der Waals surface area contributed by atoms with E-state index in [0.29, 0.717) is 12.0 Å². The molecule has 0 heterocycles.